The summed E-state index contributed by atoms with van der Waals surface area (Å²) in [7, 11) is 0. The molecule has 0 aromatic heterocycles. The van der Waals surface area contributed by atoms with E-state index in [1.807, 2.05) is 0 Å². The van der Waals surface area contributed by atoms with Crippen molar-refractivity contribution < 1.29 is 9.59 Å². The molecule has 4 rings (SSSR count). The Bertz CT molecular complexity index is 672. The predicted molar refractivity (Wildman–Crippen MR) is 102 cm³/mol. The van der Waals surface area contributed by atoms with Gasteiger partial charge in [0.05, 0.1) is 10.8 Å². The quantitative estimate of drug-likeness (QED) is 0.582. The van der Waals surface area contributed by atoms with Gasteiger partial charge in [0.25, 0.3) is 0 Å². The van der Waals surface area contributed by atoms with Crippen LogP contribution in [0.15, 0.2) is 24.3 Å². The molecule has 0 radical (unpaired) electrons. The van der Waals surface area contributed by atoms with Crippen molar-refractivity contribution >= 4 is 11.8 Å². The maximum Gasteiger partial charge on any atom is 0.248 e. The standard InChI is InChI=1S/C22H32N2O2/c1-13-19(3,4)15-7-9-21(13,11-15)17(25)23-24-18(26)22-10-8-16(12-22)20(5,6)14(22)2/h15-16H,1-2,7-12H2,3-6H3,(H,23,25)(H,24,26)/t15-,16-,21+,22+/m1/s1. The monoisotopic (exact) mass is 356 g/mol. The Morgan fingerprint density at radius 2 is 1.15 bits per heavy atom. The van der Waals surface area contributed by atoms with E-state index < -0.39 is 10.8 Å². The molecule has 4 aliphatic carbocycles. The van der Waals surface area contributed by atoms with E-state index in [4.69, 9.17) is 0 Å². The van der Waals surface area contributed by atoms with Crippen molar-refractivity contribution in [1.82, 2.24) is 10.9 Å². The minimum absolute atomic E-state index is 0.000717. The van der Waals surface area contributed by atoms with Crippen LogP contribution in [-0.2, 0) is 9.59 Å². The van der Waals surface area contributed by atoms with Gasteiger partial charge in [-0.05, 0) is 61.2 Å². The number of fused-ring (bicyclic) bond motifs is 4. The van der Waals surface area contributed by atoms with Gasteiger partial charge in [0.2, 0.25) is 11.8 Å². The summed E-state index contributed by atoms with van der Waals surface area (Å²) in [6, 6.07) is 0. The lowest BCUT2D eigenvalue weighted by molar-refractivity contribution is -0.137. The van der Waals surface area contributed by atoms with E-state index in [0.29, 0.717) is 11.8 Å². The Morgan fingerprint density at radius 1 is 0.808 bits per heavy atom. The molecule has 4 aliphatic rings. The van der Waals surface area contributed by atoms with Gasteiger partial charge in [-0.25, -0.2) is 0 Å². The summed E-state index contributed by atoms with van der Waals surface area (Å²) in [4.78, 5) is 26.1. The highest BCUT2D eigenvalue weighted by Crippen LogP contribution is 2.66. The summed E-state index contributed by atoms with van der Waals surface area (Å²) < 4.78 is 0. The van der Waals surface area contributed by atoms with Crippen molar-refractivity contribution in [3.63, 3.8) is 0 Å². The number of carbonyl (C=O) groups is 2. The van der Waals surface area contributed by atoms with Gasteiger partial charge in [0.1, 0.15) is 0 Å². The van der Waals surface area contributed by atoms with Crippen molar-refractivity contribution in [2.45, 2.75) is 66.2 Å². The number of hydrogen-bond acceptors (Lipinski definition) is 2. The molecule has 2 N–H and O–H groups in total. The third kappa shape index (κ3) is 1.91. The molecule has 0 spiro atoms. The topological polar surface area (TPSA) is 58.2 Å². The van der Waals surface area contributed by atoms with Crippen LogP contribution in [0.25, 0.3) is 0 Å². The first-order valence-corrected chi connectivity index (χ1v) is 9.99. The van der Waals surface area contributed by atoms with Gasteiger partial charge in [-0.1, -0.05) is 52.0 Å². The van der Waals surface area contributed by atoms with E-state index in [1.54, 1.807) is 0 Å². The third-order valence-corrected chi connectivity index (χ3v) is 8.94. The molecule has 4 nitrogen and oxygen atoms in total. The lowest BCUT2D eigenvalue weighted by atomic mass is 9.68. The summed E-state index contributed by atoms with van der Waals surface area (Å²) in [6.45, 7) is 17.3. The Morgan fingerprint density at radius 3 is 1.42 bits per heavy atom. The molecule has 0 saturated heterocycles. The number of hydrazine groups is 1. The molecule has 4 atom stereocenters. The van der Waals surface area contributed by atoms with Gasteiger partial charge in [0, 0.05) is 0 Å². The smallest absolute Gasteiger partial charge is 0.248 e. The zero-order chi connectivity index (χ0) is 19.1. The fourth-order valence-electron chi connectivity index (χ4n) is 6.64. The van der Waals surface area contributed by atoms with Gasteiger partial charge < -0.3 is 0 Å². The molecule has 4 fully saturated rings. The number of amides is 2. The lowest BCUT2D eigenvalue weighted by Gasteiger charge is -2.38. The van der Waals surface area contributed by atoms with E-state index in [0.717, 1.165) is 49.7 Å². The van der Waals surface area contributed by atoms with Crippen LogP contribution in [-0.4, -0.2) is 11.8 Å². The predicted octanol–water partition coefficient (Wildman–Crippen LogP) is 3.90. The van der Waals surface area contributed by atoms with Crippen LogP contribution in [0, 0.1) is 33.5 Å². The summed E-state index contributed by atoms with van der Waals surface area (Å²) >= 11 is 0. The Hall–Kier alpha value is -1.58. The lowest BCUT2D eigenvalue weighted by Crippen LogP contribution is -2.53. The molecule has 4 saturated carbocycles. The minimum atomic E-state index is -0.511. The molecule has 0 aromatic carbocycles. The van der Waals surface area contributed by atoms with Crippen LogP contribution in [0.4, 0.5) is 0 Å². The largest absolute Gasteiger partial charge is 0.272 e. The highest BCUT2D eigenvalue weighted by atomic mass is 16.2. The first-order chi connectivity index (χ1) is 12.0. The molecule has 142 valence electrons. The minimum Gasteiger partial charge on any atom is -0.272 e. The molecule has 2 amide bonds. The van der Waals surface area contributed by atoms with Crippen LogP contribution in [0.3, 0.4) is 0 Å². The second kappa shape index (κ2) is 5.02. The molecule has 4 bridgehead atoms. The molecule has 0 unspecified atom stereocenters. The van der Waals surface area contributed by atoms with Gasteiger partial charge in [0.15, 0.2) is 0 Å². The van der Waals surface area contributed by atoms with Crippen LogP contribution in [0.2, 0.25) is 0 Å². The Balaban J connectivity index is 1.47. The van der Waals surface area contributed by atoms with Crippen LogP contribution in [0.5, 0.6) is 0 Å². The molecule has 0 aliphatic heterocycles. The van der Waals surface area contributed by atoms with Gasteiger partial charge in [-0.15, -0.1) is 0 Å². The summed E-state index contributed by atoms with van der Waals surface area (Å²) in [5, 5.41) is 0. The van der Waals surface area contributed by atoms with E-state index in [2.05, 4.69) is 51.7 Å². The van der Waals surface area contributed by atoms with E-state index in [1.165, 1.54) is 0 Å². The van der Waals surface area contributed by atoms with Crippen molar-refractivity contribution in [3.8, 4) is 0 Å². The van der Waals surface area contributed by atoms with Gasteiger partial charge in [-0.3, -0.25) is 20.4 Å². The van der Waals surface area contributed by atoms with Gasteiger partial charge >= 0.3 is 0 Å². The third-order valence-electron chi connectivity index (χ3n) is 8.94. The molecular formula is C22H32N2O2. The zero-order valence-electron chi connectivity index (χ0n) is 16.6. The molecular weight excluding hydrogens is 324 g/mol. The van der Waals surface area contributed by atoms with Crippen molar-refractivity contribution in [2.75, 3.05) is 0 Å². The maximum absolute atomic E-state index is 13.0. The maximum atomic E-state index is 13.0. The van der Waals surface area contributed by atoms with E-state index in [9.17, 15) is 9.59 Å². The number of hydrogen-bond donors (Lipinski definition) is 2. The first kappa shape index (κ1) is 17.8. The zero-order valence-corrected chi connectivity index (χ0v) is 16.6. The average Bonchev–Trinajstić information content (AvgIpc) is 3.30. The molecule has 26 heavy (non-hydrogen) atoms. The second-order valence-electron chi connectivity index (χ2n) is 10.4. The van der Waals surface area contributed by atoms with E-state index in [-0.39, 0.29) is 22.6 Å². The van der Waals surface area contributed by atoms with Gasteiger partial charge in [-0.2, -0.15) is 0 Å². The molecule has 4 heteroatoms. The highest BCUT2D eigenvalue weighted by Gasteiger charge is 2.62. The normalized spacial score (nSPS) is 41.5. The summed E-state index contributed by atoms with van der Waals surface area (Å²) in [6.07, 6.45) is 5.51. The SMILES string of the molecule is C=C1C(C)(C)[C@@H]2CC[C@]1(C(=O)NNC(=O)[C@@]13CC[C@H](C1)C(C)(C)C3=C)C2. The first-order valence-electron chi connectivity index (χ1n) is 9.99. The Labute approximate surface area is 156 Å². The fraction of sp³-hybridized carbons (Fsp3) is 0.727. The average molecular weight is 357 g/mol. The fourth-order valence-corrected chi connectivity index (χ4v) is 6.64. The van der Waals surface area contributed by atoms with Crippen molar-refractivity contribution in [1.29, 1.82) is 0 Å². The van der Waals surface area contributed by atoms with Crippen LogP contribution in [0.1, 0.15) is 66.2 Å². The van der Waals surface area contributed by atoms with Crippen LogP contribution < -0.4 is 10.9 Å². The second-order valence-corrected chi connectivity index (χ2v) is 10.4. The summed E-state index contributed by atoms with van der Waals surface area (Å²) in [5.41, 5.74) is 6.58. The number of nitrogens with one attached hydrogen (secondary N) is 2. The Kier molecular flexibility index (Phi) is 3.44. The van der Waals surface area contributed by atoms with Crippen molar-refractivity contribution in [2.24, 2.45) is 33.5 Å². The van der Waals surface area contributed by atoms with Crippen LogP contribution >= 0.6 is 0 Å². The highest BCUT2D eigenvalue weighted by molar-refractivity contribution is 5.92. The molecule has 0 heterocycles. The van der Waals surface area contributed by atoms with Crippen molar-refractivity contribution in [3.05, 3.63) is 24.3 Å². The van der Waals surface area contributed by atoms with E-state index >= 15 is 0 Å². The number of carbonyl (C=O) groups excluding carboxylic acids is 2. The molecule has 0 aromatic rings. The number of rotatable bonds is 2. The summed E-state index contributed by atoms with van der Waals surface area (Å²) in [5.74, 6) is 0.859.